The summed E-state index contributed by atoms with van der Waals surface area (Å²) in [6.07, 6.45) is 4.06. The van der Waals surface area contributed by atoms with Crippen molar-refractivity contribution in [3.63, 3.8) is 0 Å². The van der Waals surface area contributed by atoms with Gasteiger partial charge in [-0.2, -0.15) is 0 Å². The van der Waals surface area contributed by atoms with Crippen LogP contribution in [0.15, 0.2) is 0 Å². The van der Waals surface area contributed by atoms with E-state index in [4.69, 9.17) is 0 Å². The molecule has 0 radical (unpaired) electrons. The smallest absolute Gasteiger partial charge is 0.317 e. The zero-order chi connectivity index (χ0) is 16.5. The molecule has 2 rings (SSSR count). The highest BCUT2D eigenvalue weighted by Crippen LogP contribution is 2.48. The fraction of sp³-hybridized carbons (Fsp3) is 0.882. The number of likely N-dealkylation sites (tertiary alicyclic amines) is 1. The zero-order valence-corrected chi connectivity index (χ0v) is 14.3. The first-order valence-electron chi connectivity index (χ1n) is 8.49. The van der Waals surface area contributed by atoms with Gasteiger partial charge in [0, 0.05) is 19.1 Å². The van der Waals surface area contributed by atoms with Crippen LogP contribution in [0.3, 0.4) is 0 Å². The van der Waals surface area contributed by atoms with E-state index in [2.05, 4.69) is 19.2 Å². The van der Waals surface area contributed by atoms with Gasteiger partial charge >= 0.3 is 12.0 Å². The van der Waals surface area contributed by atoms with Crippen LogP contribution >= 0.6 is 0 Å². The van der Waals surface area contributed by atoms with Crippen molar-refractivity contribution in [1.29, 1.82) is 0 Å². The Balaban J connectivity index is 1.93. The maximum absolute atomic E-state index is 12.5. The van der Waals surface area contributed by atoms with Gasteiger partial charge in [-0.1, -0.05) is 34.1 Å². The topological polar surface area (TPSA) is 69.6 Å². The Labute approximate surface area is 133 Å². The molecule has 22 heavy (non-hydrogen) atoms. The van der Waals surface area contributed by atoms with E-state index in [1.54, 1.807) is 0 Å². The third-order valence-corrected chi connectivity index (χ3v) is 5.33. The maximum Gasteiger partial charge on any atom is 0.317 e. The van der Waals surface area contributed by atoms with Gasteiger partial charge in [-0.25, -0.2) is 4.79 Å². The number of hydrogen-bond donors (Lipinski definition) is 2. The number of nitrogens with one attached hydrogen (secondary N) is 1. The first-order chi connectivity index (χ1) is 10.2. The summed E-state index contributed by atoms with van der Waals surface area (Å²) in [7, 11) is 0. The van der Waals surface area contributed by atoms with Crippen molar-refractivity contribution in [2.75, 3.05) is 13.1 Å². The molecule has 2 fully saturated rings. The molecule has 0 aromatic rings. The van der Waals surface area contributed by atoms with Crippen LogP contribution in [0.1, 0.15) is 53.4 Å². The quantitative estimate of drug-likeness (QED) is 0.820. The Kier molecular flexibility index (Phi) is 5.03. The SMILES string of the molecule is CC(C)CC(CNC(=O)N1CC(C)(C)C2CCCC21)C(=O)O. The monoisotopic (exact) mass is 310 g/mol. The molecule has 2 amide bonds. The lowest BCUT2D eigenvalue weighted by atomic mass is 9.80. The number of aliphatic carboxylic acids is 1. The summed E-state index contributed by atoms with van der Waals surface area (Å²) in [4.78, 5) is 25.8. The standard InChI is InChI=1S/C17H30N2O3/c1-11(2)8-12(15(20)21)9-18-16(22)19-10-17(3,4)13-6-5-7-14(13)19/h11-14H,5-10H2,1-4H3,(H,18,22)(H,20,21). The Hall–Kier alpha value is -1.26. The molecule has 3 atom stereocenters. The summed E-state index contributed by atoms with van der Waals surface area (Å²) in [5, 5.41) is 12.1. The van der Waals surface area contributed by atoms with E-state index in [0.717, 1.165) is 13.0 Å². The lowest BCUT2D eigenvalue weighted by molar-refractivity contribution is -0.142. The van der Waals surface area contributed by atoms with Crippen molar-refractivity contribution in [3.8, 4) is 0 Å². The molecular formula is C17H30N2O3. The number of rotatable bonds is 5. The first-order valence-corrected chi connectivity index (χ1v) is 8.49. The zero-order valence-electron chi connectivity index (χ0n) is 14.3. The molecule has 2 N–H and O–H groups in total. The Morgan fingerprint density at radius 3 is 2.59 bits per heavy atom. The van der Waals surface area contributed by atoms with Crippen molar-refractivity contribution >= 4 is 12.0 Å². The summed E-state index contributed by atoms with van der Waals surface area (Å²) >= 11 is 0. The minimum absolute atomic E-state index is 0.0857. The third kappa shape index (κ3) is 3.55. The van der Waals surface area contributed by atoms with Gasteiger partial charge in [-0.05, 0) is 36.5 Å². The van der Waals surface area contributed by atoms with E-state index in [-0.39, 0.29) is 18.0 Å². The Bertz CT molecular complexity index is 434. The van der Waals surface area contributed by atoms with Gasteiger partial charge in [0.15, 0.2) is 0 Å². The van der Waals surface area contributed by atoms with Crippen LogP contribution in [-0.2, 0) is 4.79 Å². The van der Waals surface area contributed by atoms with Crippen LogP contribution in [0, 0.1) is 23.2 Å². The molecule has 1 saturated carbocycles. The number of carbonyl (C=O) groups excluding carboxylic acids is 1. The molecule has 5 heteroatoms. The summed E-state index contributed by atoms with van der Waals surface area (Å²) in [5.41, 5.74) is 0.169. The molecule has 1 saturated heterocycles. The predicted octanol–water partition coefficient (Wildman–Crippen LogP) is 2.95. The van der Waals surface area contributed by atoms with E-state index in [0.29, 0.717) is 24.3 Å². The molecule has 0 bridgehead atoms. The predicted molar refractivity (Wildman–Crippen MR) is 85.6 cm³/mol. The van der Waals surface area contributed by atoms with Crippen molar-refractivity contribution in [2.45, 2.75) is 59.4 Å². The first kappa shape index (κ1) is 17.1. The highest BCUT2D eigenvalue weighted by molar-refractivity contribution is 5.76. The van der Waals surface area contributed by atoms with E-state index >= 15 is 0 Å². The van der Waals surface area contributed by atoms with Gasteiger partial charge < -0.3 is 15.3 Å². The largest absolute Gasteiger partial charge is 0.481 e. The van der Waals surface area contributed by atoms with E-state index in [9.17, 15) is 14.7 Å². The summed E-state index contributed by atoms with van der Waals surface area (Å²) in [6.45, 7) is 9.48. The average Bonchev–Trinajstić information content (AvgIpc) is 2.97. The van der Waals surface area contributed by atoms with Gasteiger partial charge in [0.1, 0.15) is 0 Å². The molecule has 3 unspecified atom stereocenters. The van der Waals surface area contributed by atoms with Gasteiger partial charge in [-0.3, -0.25) is 4.79 Å². The normalized spacial score (nSPS) is 27.8. The Morgan fingerprint density at radius 1 is 1.32 bits per heavy atom. The molecule has 2 aliphatic rings. The van der Waals surface area contributed by atoms with E-state index in [1.165, 1.54) is 12.8 Å². The highest BCUT2D eigenvalue weighted by atomic mass is 16.4. The maximum atomic E-state index is 12.5. The highest BCUT2D eigenvalue weighted by Gasteiger charge is 2.50. The lowest BCUT2D eigenvalue weighted by Crippen LogP contribution is -2.45. The summed E-state index contributed by atoms with van der Waals surface area (Å²) < 4.78 is 0. The van der Waals surface area contributed by atoms with Gasteiger partial charge in [0.2, 0.25) is 0 Å². The number of nitrogens with zero attached hydrogens (tertiary/aromatic N) is 1. The number of amides is 2. The number of hydrogen-bond acceptors (Lipinski definition) is 2. The molecule has 1 heterocycles. The number of carboxylic acids is 1. The molecule has 1 aliphatic carbocycles. The molecule has 0 spiro atoms. The number of urea groups is 1. The van der Waals surface area contributed by atoms with Crippen LogP contribution in [-0.4, -0.2) is 41.1 Å². The molecule has 5 nitrogen and oxygen atoms in total. The Morgan fingerprint density at radius 2 is 2.00 bits per heavy atom. The molecule has 126 valence electrons. The molecule has 0 aromatic heterocycles. The number of fused-ring (bicyclic) bond motifs is 1. The average molecular weight is 310 g/mol. The second kappa shape index (κ2) is 6.47. The minimum Gasteiger partial charge on any atom is -0.481 e. The van der Waals surface area contributed by atoms with Crippen molar-refractivity contribution < 1.29 is 14.7 Å². The summed E-state index contributed by atoms with van der Waals surface area (Å²) in [6, 6.07) is 0.251. The van der Waals surface area contributed by atoms with Crippen LogP contribution in [0.5, 0.6) is 0 Å². The number of carbonyl (C=O) groups is 2. The molecular weight excluding hydrogens is 280 g/mol. The molecule has 0 aromatic carbocycles. The van der Waals surface area contributed by atoms with Crippen LogP contribution in [0.25, 0.3) is 0 Å². The fourth-order valence-electron chi connectivity index (χ4n) is 4.27. The van der Waals surface area contributed by atoms with Gasteiger partial charge in [0.05, 0.1) is 5.92 Å². The van der Waals surface area contributed by atoms with Crippen LogP contribution in [0.4, 0.5) is 4.79 Å². The van der Waals surface area contributed by atoms with Gasteiger partial charge in [-0.15, -0.1) is 0 Å². The van der Waals surface area contributed by atoms with E-state index in [1.807, 2.05) is 18.7 Å². The minimum atomic E-state index is -0.825. The van der Waals surface area contributed by atoms with Crippen LogP contribution < -0.4 is 5.32 Å². The number of carboxylic acid groups (broad SMARTS) is 1. The van der Waals surface area contributed by atoms with Crippen molar-refractivity contribution in [2.24, 2.45) is 23.2 Å². The van der Waals surface area contributed by atoms with Gasteiger partial charge in [0.25, 0.3) is 0 Å². The molecule has 1 aliphatic heterocycles. The summed E-state index contributed by atoms with van der Waals surface area (Å²) in [5.74, 6) is -0.430. The fourth-order valence-corrected chi connectivity index (χ4v) is 4.27. The second-order valence-electron chi connectivity index (χ2n) is 8.07. The second-order valence-corrected chi connectivity index (χ2v) is 8.07. The van der Waals surface area contributed by atoms with E-state index < -0.39 is 11.9 Å². The van der Waals surface area contributed by atoms with Crippen molar-refractivity contribution in [3.05, 3.63) is 0 Å². The van der Waals surface area contributed by atoms with Crippen LogP contribution in [0.2, 0.25) is 0 Å². The van der Waals surface area contributed by atoms with Crippen molar-refractivity contribution in [1.82, 2.24) is 10.2 Å². The third-order valence-electron chi connectivity index (χ3n) is 5.33. The lowest BCUT2D eigenvalue weighted by Gasteiger charge is -2.25.